The third-order valence-electron chi connectivity index (χ3n) is 2.02. The van der Waals surface area contributed by atoms with E-state index in [9.17, 15) is 0 Å². The maximum absolute atomic E-state index is 8.80. The van der Waals surface area contributed by atoms with Crippen molar-refractivity contribution in [3.8, 4) is 6.07 Å². The fraction of sp³-hybridized carbons (Fsp3) is 0.909. The van der Waals surface area contributed by atoms with Gasteiger partial charge in [-0.1, -0.05) is 13.8 Å². The van der Waals surface area contributed by atoms with Gasteiger partial charge in [-0.05, 0) is 33.1 Å². The summed E-state index contributed by atoms with van der Waals surface area (Å²) in [7, 11) is 0. The third kappa shape index (κ3) is 6.60. The van der Waals surface area contributed by atoms with Gasteiger partial charge in [-0.25, -0.2) is 0 Å². The first kappa shape index (κ1) is 12.4. The lowest BCUT2D eigenvalue weighted by molar-refractivity contribution is 0.375. The molecule has 1 N–H and O–H groups in total. The number of nitriles is 1. The van der Waals surface area contributed by atoms with E-state index in [1.165, 1.54) is 6.42 Å². The van der Waals surface area contributed by atoms with Crippen LogP contribution in [0, 0.1) is 22.7 Å². The van der Waals surface area contributed by atoms with E-state index in [1.54, 1.807) is 0 Å². The second-order valence-electron chi connectivity index (χ2n) is 4.91. The van der Waals surface area contributed by atoms with Gasteiger partial charge < -0.3 is 5.32 Å². The maximum Gasteiger partial charge on any atom is 0.0697 e. The van der Waals surface area contributed by atoms with Crippen LogP contribution in [-0.2, 0) is 0 Å². The van der Waals surface area contributed by atoms with Crippen LogP contribution in [0.2, 0.25) is 0 Å². The quantitative estimate of drug-likeness (QED) is 0.709. The van der Waals surface area contributed by atoms with Gasteiger partial charge in [0.05, 0.1) is 11.5 Å². The Morgan fingerprint density at radius 3 is 2.23 bits per heavy atom. The molecule has 0 aliphatic rings. The van der Waals surface area contributed by atoms with Crippen LogP contribution >= 0.6 is 0 Å². The fourth-order valence-electron chi connectivity index (χ4n) is 1.26. The van der Waals surface area contributed by atoms with Gasteiger partial charge in [0, 0.05) is 12.6 Å². The number of hydrogen-bond donors (Lipinski definition) is 1. The zero-order valence-corrected chi connectivity index (χ0v) is 9.52. The highest BCUT2D eigenvalue weighted by Gasteiger charge is 2.17. The summed E-state index contributed by atoms with van der Waals surface area (Å²) < 4.78 is 0. The van der Waals surface area contributed by atoms with E-state index in [-0.39, 0.29) is 5.41 Å². The predicted molar refractivity (Wildman–Crippen MR) is 56.3 cm³/mol. The first-order chi connectivity index (χ1) is 5.87. The molecule has 1 atom stereocenters. The summed E-state index contributed by atoms with van der Waals surface area (Å²) in [5, 5.41) is 12.2. The Morgan fingerprint density at radius 2 is 1.85 bits per heavy atom. The Morgan fingerprint density at radius 1 is 1.31 bits per heavy atom. The summed E-state index contributed by atoms with van der Waals surface area (Å²) in [6, 6.07) is 2.79. The Kier molecular flexibility index (Phi) is 5.02. The van der Waals surface area contributed by atoms with E-state index in [2.05, 4.69) is 32.2 Å². The van der Waals surface area contributed by atoms with E-state index in [4.69, 9.17) is 5.26 Å². The highest BCUT2D eigenvalue weighted by Crippen LogP contribution is 2.12. The minimum atomic E-state index is -0.245. The summed E-state index contributed by atoms with van der Waals surface area (Å²) in [4.78, 5) is 0. The summed E-state index contributed by atoms with van der Waals surface area (Å²) in [5.41, 5.74) is -0.245. The Hall–Kier alpha value is -0.550. The summed E-state index contributed by atoms with van der Waals surface area (Å²) >= 11 is 0. The molecule has 13 heavy (non-hydrogen) atoms. The van der Waals surface area contributed by atoms with E-state index in [0.29, 0.717) is 12.0 Å². The molecule has 0 radical (unpaired) electrons. The van der Waals surface area contributed by atoms with Crippen molar-refractivity contribution in [1.82, 2.24) is 5.32 Å². The Balaban J connectivity index is 3.71. The van der Waals surface area contributed by atoms with E-state index >= 15 is 0 Å². The molecule has 0 heterocycles. The molecule has 2 nitrogen and oxygen atoms in total. The lowest BCUT2D eigenvalue weighted by Crippen LogP contribution is -2.35. The molecule has 0 rings (SSSR count). The third-order valence-corrected chi connectivity index (χ3v) is 2.02. The van der Waals surface area contributed by atoms with E-state index in [0.717, 1.165) is 6.54 Å². The van der Waals surface area contributed by atoms with Gasteiger partial charge in [-0.3, -0.25) is 0 Å². The number of nitrogens with zero attached hydrogens (tertiary/aromatic N) is 1. The zero-order chi connectivity index (χ0) is 10.5. The molecule has 0 aliphatic carbocycles. The van der Waals surface area contributed by atoms with Crippen LogP contribution in [0.25, 0.3) is 0 Å². The average Bonchev–Trinajstić information content (AvgIpc) is 2.00. The van der Waals surface area contributed by atoms with Crippen LogP contribution in [0.4, 0.5) is 0 Å². The second kappa shape index (κ2) is 5.24. The maximum atomic E-state index is 8.80. The molecule has 76 valence electrons. The van der Waals surface area contributed by atoms with Gasteiger partial charge in [0.15, 0.2) is 0 Å². The van der Waals surface area contributed by atoms with E-state index in [1.807, 2.05) is 13.8 Å². The molecule has 0 fully saturated rings. The van der Waals surface area contributed by atoms with Gasteiger partial charge in [0.2, 0.25) is 0 Å². The number of hydrogen-bond acceptors (Lipinski definition) is 2. The molecule has 0 aromatic rings. The van der Waals surface area contributed by atoms with Crippen LogP contribution in [0.3, 0.4) is 0 Å². The summed E-state index contributed by atoms with van der Waals surface area (Å²) in [6.07, 6.45) is 1.17. The molecule has 0 saturated carbocycles. The lowest BCUT2D eigenvalue weighted by atomic mass is 9.95. The molecule has 0 aromatic heterocycles. The molecular weight excluding hydrogens is 160 g/mol. The molecule has 0 aliphatic heterocycles. The number of nitrogens with one attached hydrogen (secondary N) is 1. The van der Waals surface area contributed by atoms with E-state index < -0.39 is 0 Å². The zero-order valence-electron chi connectivity index (χ0n) is 9.52. The minimum absolute atomic E-state index is 0.245. The van der Waals surface area contributed by atoms with Crippen LogP contribution in [0.1, 0.15) is 41.0 Å². The Bertz CT molecular complexity index is 177. The lowest BCUT2D eigenvalue weighted by Gasteiger charge is -2.21. The van der Waals surface area contributed by atoms with Crippen molar-refractivity contribution in [2.24, 2.45) is 11.3 Å². The highest BCUT2D eigenvalue weighted by molar-refractivity contribution is 4.93. The van der Waals surface area contributed by atoms with Gasteiger partial charge in [0.25, 0.3) is 0 Å². The smallest absolute Gasteiger partial charge is 0.0697 e. The average molecular weight is 182 g/mol. The van der Waals surface area contributed by atoms with Crippen molar-refractivity contribution in [1.29, 1.82) is 5.26 Å². The minimum Gasteiger partial charge on any atom is -0.313 e. The molecule has 0 saturated heterocycles. The molecule has 2 heteroatoms. The van der Waals surface area contributed by atoms with Crippen LogP contribution in [-0.4, -0.2) is 12.6 Å². The first-order valence-corrected chi connectivity index (χ1v) is 5.02. The molecule has 0 bridgehead atoms. The molecule has 1 unspecified atom stereocenters. The van der Waals surface area contributed by atoms with Crippen molar-refractivity contribution in [2.45, 2.75) is 47.1 Å². The van der Waals surface area contributed by atoms with Gasteiger partial charge in [-0.15, -0.1) is 0 Å². The second-order valence-corrected chi connectivity index (χ2v) is 4.91. The standard InChI is InChI=1S/C11H22N2/c1-9(2)6-10(3)13-8-11(4,5)7-12/h9-10,13H,6,8H2,1-5H3. The molecule has 0 spiro atoms. The van der Waals surface area contributed by atoms with Gasteiger partial charge in [-0.2, -0.15) is 5.26 Å². The van der Waals surface area contributed by atoms with Crippen molar-refractivity contribution in [3.63, 3.8) is 0 Å². The van der Waals surface area contributed by atoms with Crippen molar-refractivity contribution >= 4 is 0 Å². The predicted octanol–water partition coefficient (Wildman–Crippen LogP) is 2.56. The topological polar surface area (TPSA) is 35.8 Å². The normalized spacial score (nSPS) is 14.2. The highest BCUT2D eigenvalue weighted by atomic mass is 14.9. The van der Waals surface area contributed by atoms with Crippen LogP contribution in [0.5, 0.6) is 0 Å². The van der Waals surface area contributed by atoms with Crippen molar-refractivity contribution in [2.75, 3.05) is 6.54 Å². The fourth-order valence-corrected chi connectivity index (χ4v) is 1.26. The molecule has 0 amide bonds. The van der Waals surface area contributed by atoms with Crippen LogP contribution in [0.15, 0.2) is 0 Å². The summed E-state index contributed by atoms with van der Waals surface area (Å²) in [6.45, 7) is 11.3. The molecule has 0 aromatic carbocycles. The summed E-state index contributed by atoms with van der Waals surface area (Å²) in [5.74, 6) is 0.715. The monoisotopic (exact) mass is 182 g/mol. The van der Waals surface area contributed by atoms with Crippen molar-refractivity contribution < 1.29 is 0 Å². The largest absolute Gasteiger partial charge is 0.313 e. The van der Waals surface area contributed by atoms with Crippen molar-refractivity contribution in [3.05, 3.63) is 0 Å². The first-order valence-electron chi connectivity index (χ1n) is 5.02. The van der Waals surface area contributed by atoms with Gasteiger partial charge >= 0.3 is 0 Å². The SMILES string of the molecule is CC(C)CC(C)NCC(C)(C)C#N. The molecular formula is C11H22N2. The van der Waals surface area contributed by atoms with Gasteiger partial charge in [0.1, 0.15) is 0 Å². The van der Waals surface area contributed by atoms with Crippen LogP contribution < -0.4 is 5.32 Å². The Labute approximate surface area is 82.3 Å². The number of rotatable bonds is 5.